The van der Waals surface area contributed by atoms with Crippen LogP contribution in [0.2, 0.25) is 5.02 Å². The van der Waals surface area contributed by atoms with E-state index in [0.29, 0.717) is 16.5 Å². The third-order valence-electron chi connectivity index (χ3n) is 2.24. The molecule has 0 saturated carbocycles. The van der Waals surface area contributed by atoms with Crippen molar-refractivity contribution in [2.75, 3.05) is 12.4 Å². The summed E-state index contributed by atoms with van der Waals surface area (Å²) < 4.78 is 5.17. The summed E-state index contributed by atoms with van der Waals surface area (Å²) in [5.74, 6) is 0.775. The van der Waals surface area contributed by atoms with Crippen LogP contribution in [0.3, 0.4) is 0 Å². The summed E-state index contributed by atoms with van der Waals surface area (Å²) in [6.07, 6.45) is 1.47. The number of aromatic amines is 1. The first-order chi connectivity index (χ1) is 9.24. The zero-order valence-electron chi connectivity index (χ0n) is 9.88. The number of halogens is 1. The zero-order valence-corrected chi connectivity index (χ0v) is 10.6. The lowest BCUT2D eigenvalue weighted by Gasteiger charge is -2.08. The van der Waals surface area contributed by atoms with Crippen molar-refractivity contribution in [3.63, 3.8) is 0 Å². The minimum absolute atomic E-state index is 0.211. The number of anilines is 1. The minimum atomic E-state index is 0.211. The maximum atomic E-state index is 9.01. The molecule has 0 saturated heterocycles. The summed E-state index contributed by atoms with van der Waals surface area (Å²) in [7, 11) is 1.53. The number of nitriles is 1. The maximum Gasteiger partial charge on any atom is 0.216 e. The van der Waals surface area contributed by atoms with Crippen molar-refractivity contribution in [3.8, 4) is 11.8 Å². The van der Waals surface area contributed by atoms with E-state index in [1.165, 1.54) is 13.3 Å². The number of tetrazole rings is 1. The summed E-state index contributed by atoms with van der Waals surface area (Å²) in [6.45, 7) is 0. The maximum absolute atomic E-state index is 9.01. The van der Waals surface area contributed by atoms with Crippen LogP contribution in [0.25, 0.3) is 5.57 Å². The highest BCUT2D eigenvalue weighted by Gasteiger charge is 2.07. The number of hydrogen-bond donors (Lipinski definition) is 2. The Balaban J connectivity index is 2.24. The van der Waals surface area contributed by atoms with E-state index in [1.54, 1.807) is 18.2 Å². The second kappa shape index (κ2) is 5.84. The Kier molecular flexibility index (Phi) is 3.95. The number of nitrogens with one attached hydrogen (secondary N) is 2. The van der Waals surface area contributed by atoms with Crippen LogP contribution in [-0.2, 0) is 0 Å². The summed E-state index contributed by atoms with van der Waals surface area (Å²) in [5.41, 5.74) is 0.911. The molecule has 0 spiro atoms. The highest BCUT2D eigenvalue weighted by atomic mass is 35.5. The van der Waals surface area contributed by atoms with Crippen LogP contribution in [0.5, 0.6) is 5.75 Å². The van der Waals surface area contributed by atoms with E-state index in [-0.39, 0.29) is 11.4 Å². The quantitative estimate of drug-likeness (QED) is 0.827. The average Bonchev–Trinajstić information content (AvgIpc) is 2.94. The molecule has 96 valence electrons. The van der Waals surface area contributed by atoms with Crippen LogP contribution >= 0.6 is 11.6 Å². The van der Waals surface area contributed by atoms with Gasteiger partial charge in [-0.05, 0) is 17.3 Å². The lowest BCUT2D eigenvalue weighted by molar-refractivity contribution is 0.417. The molecule has 0 fully saturated rings. The Labute approximate surface area is 113 Å². The molecule has 1 heterocycles. The molecule has 0 unspecified atom stereocenters. The van der Waals surface area contributed by atoms with Crippen LogP contribution in [-0.4, -0.2) is 27.7 Å². The van der Waals surface area contributed by atoms with Gasteiger partial charge in [-0.3, -0.25) is 0 Å². The molecule has 7 nitrogen and oxygen atoms in total. The molecule has 1 aromatic carbocycles. The van der Waals surface area contributed by atoms with Crippen molar-refractivity contribution in [1.29, 1.82) is 5.26 Å². The number of benzene rings is 1. The van der Waals surface area contributed by atoms with Gasteiger partial charge in [-0.2, -0.15) is 10.5 Å². The van der Waals surface area contributed by atoms with E-state index < -0.39 is 0 Å². The number of nitrogens with zero attached hydrogens (tertiary/aromatic N) is 4. The molecule has 2 rings (SSSR count). The van der Waals surface area contributed by atoms with E-state index in [2.05, 4.69) is 25.9 Å². The molecule has 0 radical (unpaired) electrons. The van der Waals surface area contributed by atoms with Crippen LogP contribution in [0.4, 0.5) is 5.69 Å². The largest absolute Gasteiger partial charge is 0.495 e. The normalized spacial score (nSPS) is 10.9. The Bertz CT molecular complexity index is 631. The molecule has 0 aliphatic rings. The zero-order chi connectivity index (χ0) is 13.7. The number of allylic oxidation sites excluding steroid dienone is 1. The van der Waals surface area contributed by atoms with E-state index in [1.807, 2.05) is 6.07 Å². The lowest BCUT2D eigenvalue weighted by Crippen LogP contribution is -1.95. The molecule has 0 atom stereocenters. The molecular weight excluding hydrogens is 268 g/mol. The second-order valence-electron chi connectivity index (χ2n) is 3.39. The molecule has 0 aliphatic carbocycles. The fourth-order valence-corrected chi connectivity index (χ4v) is 1.52. The van der Waals surface area contributed by atoms with Gasteiger partial charge in [-0.25, -0.2) is 0 Å². The minimum Gasteiger partial charge on any atom is -0.495 e. The monoisotopic (exact) mass is 276 g/mol. The van der Waals surface area contributed by atoms with E-state index in [9.17, 15) is 0 Å². The van der Waals surface area contributed by atoms with Gasteiger partial charge in [0.1, 0.15) is 17.4 Å². The number of rotatable bonds is 4. The Morgan fingerprint density at radius 2 is 2.42 bits per heavy atom. The Morgan fingerprint density at radius 1 is 1.58 bits per heavy atom. The van der Waals surface area contributed by atoms with Crippen molar-refractivity contribution in [3.05, 3.63) is 35.2 Å². The van der Waals surface area contributed by atoms with Gasteiger partial charge in [0.15, 0.2) is 0 Å². The number of hydrogen-bond acceptors (Lipinski definition) is 6. The average molecular weight is 277 g/mol. The van der Waals surface area contributed by atoms with Crippen LogP contribution in [0, 0.1) is 11.3 Å². The van der Waals surface area contributed by atoms with Crippen molar-refractivity contribution in [1.82, 2.24) is 20.6 Å². The van der Waals surface area contributed by atoms with Gasteiger partial charge >= 0.3 is 0 Å². The van der Waals surface area contributed by atoms with Crippen molar-refractivity contribution in [2.24, 2.45) is 0 Å². The van der Waals surface area contributed by atoms with Gasteiger partial charge in [0.25, 0.3) is 0 Å². The summed E-state index contributed by atoms with van der Waals surface area (Å²) in [5, 5.41) is 25.6. The third-order valence-corrected chi connectivity index (χ3v) is 2.48. The number of aromatic nitrogens is 4. The van der Waals surface area contributed by atoms with Crippen molar-refractivity contribution in [2.45, 2.75) is 0 Å². The highest BCUT2D eigenvalue weighted by Crippen LogP contribution is 2.28. The summed E-state index contributed by atoms with van der Waals surface area (Å²) in [6, 6.07) is 7.08. The van der Waals surface area contributed by atoms with Crippen LogP contribution in [0.15, 0.2) is 24.4 Å². The number of ether oxygens (including phenoxy) is 1. The van der Waals surface area contributed by atoms with Gasteiger partial charge in [-0.1, -0.05) is 11.6 Å². The van der Waals surface area contributed by atoms with Crippen LogP contribution in [0.1, 0.15) is 5.82 Å². The number of methoxy groups -OCH3 is 1. The molecule has 19 heavy (non-hydrogen) atoms. The molecule has 8 heteroatoms. The highest BCUT2D eigenvalue weighted by molar-refractivity contribution is 6.30. The SMILES string of the molecule is COc1cc(Cl)ccc1NC=C(C#N)c1nn[nH]n1. The lowest BCUT2D eigenvalue weighted by atomic mass is 10.2. The van der Waals surface area contributed by atoms with E-state index >= 15 is 0 Å². The molecule has 2 aromatic rings. The predicted molar refractivity (Wildman–Crippen MR) is 69.4 cm³/mol. The van der Waals surface area contributed by atoms with E-state index in [4.69, 9.17) is 21.6 Å². The van der Waals surface area contributed by atoms with Gasteiger partial charge in [0.2, 0.25) is 5.82 Å². The fraction of sp³-hybridized carbons (Fsp3) is 0.0909. The molecule has 1 aromatic heterocycles. The Hall–Kier alpha value is -2.59. The van der Waals surface area contributed by atoms with Gasteiger partial charge in [0.05, 0.1) is 12.8 Å². The van der Waals surface area contributed by atoms with Crippen molar-refractivity contribution >= 4 is 22.9 Å². The molecular formula is C11H9ClN6O. The molecule has 0 bridgehead atoms. The first-order valence-corrected chi connectivity index (χ1v) is 5.56. The fourth-order valence-electron chi connectivity index (χ4n) is 1.36. The standard InChI is InChI=1S/C11H9ClN6O/c1-19-10-4-8(12)2-3-9(10)14-6-7(5-13)11-15-17-18-16-11/h2-4,6,14H,1H3,(H,15,16,17,18). The van der Waals surface area contributed by atoms with Gasteiger partial charge in [-0.15, -0.1) is 10.2 Å². The number of H-pyrrole nitrogens is 1. The Morgan fingerprint density at radius 3 is 3.05 bits per heavy atom. The van der Waals surface area contributed by atoms with Crippen LogP contribution < -0.4 is 10.1 Å². The van der Waals surface area contributed by atoms with Gasteiger partial charge in [0, 0.05) is 17.3 Å². The topological polar surface area (TPSA) is 99.5 Å². The summed E-state index contributed by atoms with van der Waals surface area (Å²) >= 11 is 5.86. The molecule has 0 aliphatic heterocycles. The first kappa shape index (κ1) is 12.9. The predicted octanol–water partition coefficient (Wildman–Crippen LogP) is 1.84. The van der Waals surface area contributed by atoms with E-state index in [0.717, 1.165) is 0 Å². The van der Waals surface area contributed by atoms with Gasteiger partial charge < -0.3 is 10.1 Å². The third kappa shape index (κ3) is 3.00. The summed E-state index contributed by atoms with van der Waals surface area (Å²) in [4.78, 5) is 0. The second-order valence-corrected chi connectivity index (χ2v) is 3.83. The smallest absolute Gasteiger partial charge is 0.216 e. The molecule has 0 amide bonds. The first-order valence-electron chi connectivity index (χ1n) is 5.18. The molecule has 2 N–H and O–H groups in total. The van der Waals surface area contributed by atoms with Crippen molar-refractivity contribution < 1.29 is 4.74 Å².